The lowest BCUT2D eigenvalue weighted by molar-refractivity contribution is -0.114. The molecule has 7 nitrogen and oxygen atoms in total. The first-order valence-electron chi connectivity index (χ1n) is 10.6. The predicted molar refractivity (Wildman–Crippen MR) is 127 cm³/mol. The van der Waals surface area contributed by atoms with Crippen molar-refractivity contribution in [2.45, 2.75) is 26.2 Å². The van der Waals surface area contributed by atoms with Gasteiger partial charge in [0.2, 0.25) is 5.91 Å². The second-order valence-corrected chi connectivity index (χ2v) is 8.74. The van der Waals surface area contributed by atoms with Gasteiger partial charge < -0.3 is 15.4 Å². The molecule has 3 aromatic heterocycles. The zero-order chi connectivity index (χ0) is 21.9. The zero-order valence-corrected chi connectivity index (χ0v) is 18.5. The van der Waals surface area contributed by atoms with Crippen LogP contribution < -0.4 is 15.4 Å². The number of aromatic nitrogens is 3. The minimum Gasteiger partial charge on any atom is -0.492 e. The summed E-state index contributed by atoms with van der Waals surface area (Å²) in [6.45, 7) is 2.54. The van der Waals surface area contributed by atoms with Crippen LogP contribution in [0.5, 0.6) is 5.75 Å². The number of pyridine rings is 1. The Kier molecular flexibility index (Phi) is 5.68. The van der Waals surface area contributed by atoms with E-state index >= 15 is 0 Å². The molecule has 0 saturated carbocycles. The fraction of sp³-hybridized carbons (Fsp3) is 0.250. The van der Waals surface area contributed by atoms with E-state index in [1.54, 1.807) is 23.7 Å². The van der Waals surface area contributed by atoms with Crippen LogP contribution in [0.2, 0.25) is 0 Å². The molecular formula is C24H23N5O2S. The molecule has 32 heavy (non-hydrogen) atoms. The highest BCUT2D eigenvalue weighted by Gasteiger charge is 2.22. The number of rotatable bonds is 7. The van der Waals surface area contributed by atoms with Crippen LogP contribution in [0.4, 0.5) is 11.5 Å². The van der Waals surface area contributed by atoms with Crippen LogP contribution in [0.3, 0.4) is 0 Å². The molecule has 0 unspecified atom stereocenters. The van der Waals surface area contributed by atoms with Gasteiger partial charge in [-0.15, -0.1) is 11.3 Å². The van der Waals surface area contributed by atoms with E-state index in [2.05, 4.69) is 15.6 Å². The Morgan fingerprint density at radius 1 is 1.19 bits per heavy atom. The number of ether oxygens (including phenoxy) is 1. The van der Waals surface area contributed by atoms with Crippen molar-refractivity contribution in [3.05, 3.63) is 59.2 Å². The topological polar surface area (TPSA) is 89.0 Å². The van der Waals surface area contributed by atoms with Crippen LogP contribution in [0, 0.1) is 0 Å². The third-order valence-electron chi connectivity index (χ3n) is 5.30. The summed E-state index contributed by atoms with van der Waals surface area (Å²) < 4.78 is 5.89. The van der Waals surface area contributed by atoms with Gasteiger partial charge in [0, 0.05) is 41.5 Å². The maximum absolute atomic E-state index is 11.3. The molecule has 0 atom stereocenters. The molecule has 1 aromatic carbocycles. The predicted octanol–water partition coefficient (Wildman–Crippen LogP) is 4.69. The Bertz CT molecular complexity index is 1270. The van der Waals surface area contributed by atoms with Gasteiger partial charge >= 0.3 is 0 Å². The number of hydrogen-bond donors (Lipinski definition) is 2. The maximum Gasteiger partial charge on any atom is 0.221 e. The second kappa shape index (κ2) is 8.92. The molecule has 1 aliphatic rings. The fourth-order valence-corrected chi connectivity index (χ4v) is 5.21. The van der Waals surface area contributed by atoms with Gasteiger partial charge in [0.25, 0.3) is 0 Å². The van der Waals surface area contributed by atoms with Crippen molar-refractivity contribution in [1.29, 1.82) is 0 Å². The van der Waals surface area contributed by atoms with Gasteiger partial charge in [-0.25, -0.2) is 9.97 Å². The van der Waals surface area contributed by atoms with E-state index in [9.17, 15) is 4.79 Å². The number of nitrogens with zero attached hydrogens (tertiary/aromatic N) is 3. The number of anilines is 2. The molecule has 3 heterocycles. The van der Waals surface area contributed by atoms with E-state index in [1.807, 2.05) is 36.4 Å². The van der Waals surface area contributed by atoms with E-state index in [0.717, 1.165) is 40.1 Å². The lowest BCUT2D eigenvalue weighted by Gasteiger charge is -2.12. The van der Waals surface area contributed by atoms with Crippen molar-refractivity contribution in [3.8, 4) is 17.1 Å². The van der Waals surface area contributed by atoms with E-state index in [1.165, 1.54) is 23.8 Å². The molecule has 1 amide bonds. The molecule has 8 heteroatoms. The minimum absolute atomic E-state index is 0.107. The Balaban J connectivity index is 1.35. The molecule has 0 spiro atoms. The Morgan fingerprint density at radius 3 is 2.97 bits per heavy atom. The van der Waals surface area contributed by atoms with E-state index in [4.69, 9.17) is 14.7 Å². The number of carbonyl (C=O) groups is 1. The monoisotopic (exact) mass is 445 g/mol. The largest absolute Gasteiger partial charge is 0.492 e. The van der Waals surface area contributed by atoms with Gasteiger partial charge in [-0.1, -0.05) is 6.07 Å². The summed E-state index contributed by atoms with van der Waals surface area (Å²) in [6.07, 6.45) is 6.92. The molecule has 0 saturated heterocycles. The molecule has 0 bridgehead atoms. The molecular weight excluding hydrogens is 422 g/mol. The second-order valence-electron chi connectivity index (χ2n) is 7.66. The van der Waals surface area contributed by atoms with Gasteiger partial charge in [0.15, 0.2) is 5.82 Å². The molecule has 4 aromatic rings. The van der Waals surface area contributed by atoms with Gasteiger partial charge in [-0.05, 0) is 49.1 Å². The molecule has 1 aliphatic carbocycles. The first kappa shape index (κ1) is 20.4. The summed E-state index contributed by atoms with van der Waals surface area (Å²) in [7, 11) is 0. The maximum atomic E-state index is 11.3. The third kappa shape index (κ3) is 4.27. The normalized spacial score (nSPS) is 12.5. The van der Waals surface area contributed by atoms with E-state index < -0.39 is 0 Å². The van der Waals surface area contributed by atoms with Crippen molar-refractivity contribution >= 4 is 39.0 Å². The molecule has 0 fully saturated rings. The average molecular weight is 446 g/mol. The highest BCUT2D eigenvalue weighted by Crippen LogP contribution is 2.40. The van der Waals surface area contributed by atoms with Crippen molar-refractivity contribution < 1.29 is 9.53 Å². The molecule has 0 radical (unpaired) electrons. The molecule has 0 aliphatic heterocycles. The minimum atomic E-state index is -0.107. The van der Waals surface area contributed by atoms with Crippen LogP contribution in [0.25, 0.3) is 21.6 Å². The highest BCUT2D eigenvalue weighted by molar-refractivity contribution is 7.19. The molecule has 2 N–H and O–H groups in total. The number of carbonyl (C=O) groups excluding carboxylic acids is 1. The summed E-state index contributed by atoms with van der Waals surface area (Å²) >= 11 is 1.77. The number of thiophene rings is 1. The SMILES string of the molecule is CC(=O)Nc1cccc(OCCNc2nc(-c3cccnc3)nc3sc4c(c23)CCC4)c1. The lowest BCUT2D eigenvalue weighted by Crippen LogP contribution is -2.13. The number of amides is 1. The number of benzene rings is 1. The quantitative estimate of drug-likeness (QED) is 0.401. The zero-order valence-electron chi connectivity index (χ0n) is 17.7. The summed E-state index contributed by atoms with van der Waals surface area (Å²) in [6, 6.07) is 11.3. The summed E-state index contributed by atoms with van der Waals surface area (Å²) in [5.41, 5.74) is 3.00. The van der Waals surface area contributed by atoms with Crippen LogP contribution in [-0.4, -0.2) is 34.0 Å². The summed E-state index contributed by atoms with van der Waals surface area (Å²) in [5.74, 6) is 2.13. The van der Waals surface area contributed by atoms with Crippen molar-refractivity contribution in [2.75, 3.05) is 23.8 Å². The summed E-state index contributed by atoms with van der Waals surface area (Å²) in [5, 5.41) is 7.38. The third-order valence-corrected chi connectivity index (χ3v) is 6.49. The summed E-state index contributed by atoms with van der Waals surface area (Å²) in [4.78, 5) is 27.6. The van der Waals surface area contributed by atoms with Crippen LogP contribution in [0.1, 0.15) is 23.8 Å². The molecule has 5 rings (SSSR count). The number of aryl methyl sites for hydroxylation is 2. The van der Waals surface area contributed by atoms with E-state index in [0.29, 0.717) is 24.7 Å². The van der Waals surface area contributed by atoms with Crippen LogP contribution >= 0.6 is 11.3 Å². The Labute approximate surface area is 189 Å². The fourth-order valence-electron chi connectivity index (χ4n) is 3.95. The van der Waals surface area contributed by atoms with E-state index in [-0.39, 0.29) is 5.91 Å². The average Bonchev–Trinajstić information content (AvgIpc) is 3.38. The van der Waals surface area contributed by atoms with Crippen molar-refractivity contribution in [3.63, 3.8) is 0 Å². The van der Waals surface area contributed by atoms with Gasteiger partial charge in [0.1, 0.15) is 23.0 Å². The Hall–Kier alpha value is -3.52. The van der Waals surface area contributed by atoms with Gasteiger partial charge in [0.05, 0.1) is 11.9 Å². The lowest BCUT2D eigenvalue weighted by atomic mass is 10.2. The van der Waals surface area contributed by atoms with Crippen LogP contribution in [-0.2, 0) is 17.6 Å². The number of fused-ring (bicyclic) bond motifs is 3. The molecule has 162 valence electrons. The van der Waals surface area contributed by atoms with Gasteiger partial charge in [-0.3, -0.25) is 9.78 Å². The van der Waals surface area contributed by atoms with Crippen LogP contribution in [0.15, 0.2) is 48.8 Å². The Morgan fingerprint density at radius 2 is 2.12 bits per heavy atom. The first-order valence-corrected chi connectivity index (χ1v) is 11.5. The highest BCUT2D eigenvalue weighted by atomic mass is 32.1. The number of nitrogens with one attached hydrogen (secondary N) is 2. The van der Waals surface area contributed by atoms with Gasteiger partial charge in [-0.2, -0.15) is 0 Å². The van der Waals surface area contributed by atoms with Crippen molar-refractivity contribution in [1.82, 2.24) is 15.0 Å². The standard InChI is InChI=1S/C24H23N5O2S/c1-15(30)27-17-6-2-7-18(13-17)31-12-11-26-23-21-19-8-3-9-20(19)32-24(21)29-22(28-23)16-5-4-10-25-14-16/h2,4-7,10,13-14H,3,8-9,11-12H2,1H3,(H,27,30)(H,26,28,29). The smallest absolute Gasteiger partial charge is 0.221 e. The first-order chi connectivity index (χ1) is 15.7. The number of hydrogen-bond acceptors (Lipinski definition) is 7. The van der Waals surface area contributed by atoms with Crippen molar-refractivity contribution in [2.24, 2.45) is 0 Å².